The van der Waals surface area contributed by atoms with Gasteiger partial charge >= 0.3 is 0 Å². The first-order valence-corrected chi connectivity index (χ1v) is 7.50. The number of aromatic nitrogens is 4. The molecule has 0 atom stereocenters. The van der Waals surface area contributed by atoms with Gasteiger partial charge < -0.3 is 9.88 Å². The van der Waals surface area contributed by atoms with Gasteiger partial charge in [0.15, 0.2) is 5.16 Å². The zero-order chi connectivity index (χ0) is 13.1. The Morgan fingerprint density at radius 3 is 2.72 bits per heavy atom. The molecule has 0 saturated carbocycles. The maximum Gasteiger partial charge on any atom is 0.191 e. The lowest BCUT2D eigenvalue weighted by atomic mass is 10.4. The Kier molecular flexibility index (Phi) is 4.36. The van der Waals surface area contributed by atoms with E-state index in [4.69, 9.17) is 0 Å². The molecule has 2 aromatic rings. The van der Waals surface area contributed by atoms with Crippen LogP contribution in [0.3, 0.4) is 0 Å². The quantitative estimate of drug-likeness (QED) is 0.849. The van der Waals surface area contributed by atoms with Gasteiger partial charge in [-0.25, -0.2) is 4.98 Å². The molecule has 0 saturated heterocycles. The van der Waals surface area contributed by atoms with Gasteiger partial charge in [-0.15, -0.1) is 21.5 Å². The average Bonchev–Trinajstić information content (AvgIpc) is 2.82. The summed E-state index contributed by atoms with van der Waals surface area (Å²) in [6.45, 7) is 4.84. The van der Waals surface area contributed by atoms with Crippen LogP contribution in [0.5, 0.6) is 0 Å². The molecule has 0 spiro atoms. The Hall–Kier alpha value is -0.920. The molecule has 0 aromatic carbocycles. The molecule has 0 radical (unpaired) electrons. The van der Waals surface area contributed by atoms with Crippen molar-refractivity contribution in [2.45, 2.75) is 31.3 Å². The average molecular weight is 283 g/mol. The van der Waals surface area contributed by atoms with Gasteiger partial charge in [0.05, 0.1) is 17.2 Å². The van der Waals surface area contributed by atoms with Crippen molar-refractivity contribution in [1.82, 2.24) is 25.1 Å². The van der Waals surface area contributed by atoms with E-state index >= 15 is 0 Å². The van der Waals surface area contributed by atoms with Crippen molar-refractivity contribution in [2.24, 2.45) is 7.05 Å². The normalized spacial score (nSPS) is 11.1. The van der Waals surface area contributed by atoms with Gasteiger partial charge in [-0.3, -0.25) is 0 Å². The van der Waals surface area contributed by atoms with E-state index in [0.717, 1.165) is 34.0 Å². The van der Waals surface area contributed by atoms with E-state index in [1.807, 2.05) is 25.6 Å². The summed E-state index contributed by atoms with van der Waals surface area (Å²) in [5.41, 5.74) is 1.13. The minimum absolute atomic E-state index is 0.739. The lowest BCUT2D eigenvalue weighted by Crippen LogP contribution is -2.10. The van der Waals surface area contributed by atoms with Crippen LogP contribution in [-0.2, 0) is 19.3 Å². The van der Waals surface area contributed by atoms with Crippen LogP contribution in [-0.4, -0.2) is 26.8 Å². The number of hydrogen-bond donors (Lipinski definition) is 1. The molecule has 98 valence electrons. The van der Waals surface area contributed by atoms with Gasteiger partial charge in [-0.1, -0.05) is 11.8 Å². The SMILES string of the molecule is CNCc1nnc(SCc2sc(C)nc2C)n1C. The highest BCUT2D eigenvalue weighted by Gasteiger charge is 2.11. The van der Waals surface area contributed by atoms with Crippen molar-refractivity contribution in [3.05, 3.63) is 21.4 Å². The second-order valence-electron chi connectivity index (χ2n) is 4.02. The first kappa shape index (κ1) is 13.5. The lowest BCUT2D eigenvalue weighted by Gasteiger charge is -2.02. The third kappa shape index (κ3) is 2.90. The second-order valence-corrected chi connectivity index (χ2v) is 6.25. The Labute approximate surface area is 115 Å². The standard InChI is InChI=1S/C11H17N5S2/c1-7-9(18-8(2)13-7)6-17-11-15-14-10(5-12-3)16(11)4/h12H,5-6H2,1-4H3. The number of thioether (sulfide) groups is 1. The third-order valence-electron chi connectivity index (χ3n) is 2.59. The Bertz CT molecular complexity index is 532. The van der Waals surface area contributed by atoms with Crippen LogP contribution in [0.1, 0.15) is 21.4 Å². The molecule has 0 bridgehead atoms. The number of nitrogens with one attached hydrogen (secondary N) is 1. The molecule has 0 fully saturated rings. The summed E-state index contributed by atoms with van der Waals surface area (Å²) < 4.78 is 2.03. The first-order chi connectivity index (χ1) is 8.61. The topological polar surface area (TPSA) is 55.6 Å². The Morgan fingerprint density at radius 2 is 2.11 bits per heavy atom. The summed E-state index contributed by atoms with van der Waals surface area (Å²) in [4.78, 5) is 5.75. The first-order valence-electron chi connectivity index (χ1n) is 5.70. The number of hydrogen-bond acceptors (Lipinski definition) is 6. The van der Waals surface area contributed by atoms with Crippen molar-refractivity contribution >= 4 is 23.1 Å². The molecule has 0 amide bonds. The lowest BCUT2D eigenvalue weighted by molar-refractivity contribution is 0.682. The van der Waals surface area contributed by atoms with E-state index in [0.29, 0.717) is 0 Å². The van der Waals surface area contributed by atoms with E-state index in [1.165, 1.54) is 4.88 Å². The molecular formula is C11H17N5S2. The highest BCUT2D eigenvalue weighted by molar-refractivity contribution is 7.98. The summed E-state index contributed by atoms with van der Waals surface area (Å²) in [6, 6.07) is 0. The fourth-order valence-corrected chi connectivity index (χ4v) is 3.63. The van der Waals surface area contributed by atoms with E-state index < -0.39 is 0 Å². The van der Waals surface area contributed by atoms with Gasteiger partial charge in [0.1, 0.15) is 5.82 Å². The summed E-state index contributed by atoms with van der Waals surface area (Å²) in [5.74, 6) is 1.86. The van der Waals surface area contributed by atoms with Crippen molar-refractivity contribution in [3.63, 3.8) is 0 Å². The molecule has 0 aliphatic carbocycles. The van der Waals surface area contributed by atoms with E-state index in [1.54, 1.807) is 23.1 Å². The van der Waals surface area contributed by atoms with Gasteiger partial charge in [-0.2, -0.15) is 0 Å². The minimum atomic E-state index is 0.739. The fraction of sp³-hybridized carbons (Fsp3) is 0.545. The summed E-state index contributed by atoms with van der Waals surface area (Å²) in [6.07, 6.45) is 0. The van der Waals surface area contributed by atoms with Crippen molar-refractivity contribution in [1.29, 1.82) is 0 Å². The monoisotopic (exact) mass is 283 g/mol. The highest BCUT2D eigenvalue weighted by Crippen LogP contribution is 2.26. The van der Waals surface area contributed by atoms with Crippen LogP contribution in [0.25, 0.3) is 0 Å². The second kappa shape index (κ2) is 5.81. The fourth-order valence-electron chi connectivity index (χ4n) is 1.62. The minimum Gasteiger partial charge on any atom is -0.313 e. The highest BCUT2D eigenvalue weighted by atomic mass is 32.2. The molecular weight excluding hydrogens is 266 g/mol. The van der Waals surface area contributed by atoms with Gasteiger partial charge in [0.25, 0.3) is 0 Å². The van der Waals surface area contributed by atoms with Crippen LogP contribution >= 0.6 is 23.1 Å². The van der Waals surface area contributed by atoms with Gasteiger partial charge in [0, 0.05) is 17.7 Å². The maximum absolute atomic E-state index is 4.43. The molecule has 0 aliphatic rings. The number of aryl methyl sites for hydroxylation is 2. The summed E-state index contributed by atoms with van der Waals surface area (Å²) >= 11 is 3.46. The number of rotatable bonds is 5. The summed E-state index contributed by atoms with van der Waals surface area (Å²) in [5, 5.41) is 13.5. The zero-order valence-corrected chi connectivity index (χ0v) is 12.7. The van der Waals surface area contributed by atoms with Gasteiger partial charge in [-0.05, 0) is 20.9 Å². The zero-order valence-electron chi connectivity index (χ0n) is 11.0. The van der Waals surface area contributed by atoms with Crippen molar-refractivity contribution < 1.29 is 0 Å². The van der Waals surface area contributed by atoms with E-state index in [9.17, 15) is 0 Å². The maximum atomic E-state index is 4.43. The number of nitrogens with zero attached hydrogens (tertiary/aromatic N) is 4. The molecule has 0 aliphatic heterocycles. The molecule has 2 aromatic heterocycles. The van der Waals surface area contributed by atoms with Crippen LogP contribution in [0, 0.1) is 13.8 Å². The van der Waals surface area contributed by atoms with Crippen LogP contribution in [0.4, 0.5) is 0 Å². The predicted octanol–water partition coefficient (Wildman–Crippen LogP) is 1.90. The van der Waals surface area contributed by atoms with E-state index in [2.05, 4.69) is 27.4 Å². The number of thiazole rings is 1. The van der Waals surface area contributed by atoms with Crippen LogP contribution < -0.4 is 5.32 Å². The molecule has 2 heterocycles. The van der Waals surface area contributed by atoms with Gasteiger partial charge in [0.2, 0.25) is 0 Å². The Morgan fingerprint density at radius 1 is 1.33 bits per heavy atom. The smallest absolute Gasteiger partial charge is 0.191 e. The third-order valence-corrected chi connectivity index (χ3v) is 4.89. The van der Waals surface area contributed by atoms with Crippen molar-refractivity contribution in [2.75, 3.05) is 7.05 Å². The molecule has 0 unspecified atom stereocenters. The molecule has 5 nitrogen and oxygen atoms in total. The largest absolute Gasteiger partial charge is 0.313 e. The molecule has 1 N–H and O–H groups in total. The summed E-state index contributed by atoms with van der Waals surface area (Å²) in [7, 11) is 3.91. The molecule has 2 rings (SSSR count). The van der Waals surface area contributed by atoms with E-state index in [-0.39, 0.29) is 0 Å². The molecule has 7 heteroatoms. The predicted molar refractivity (Wildman–Crippen MR) is 74.9 cm³/mol. The van der Waals surface area contributed by atoms with Crippen LogP contribution in [0.2, 0.25) is 0 Å². The van der Waals surface area contributed by atoms with Crippen molar-refractivity contribution in [3.8, 4) is 0 Å². The molecule has 18 heavy (non-hydrogen) atoms. The Balaban J connectivity index is 2.04. The van der Waals surface area contributed by atoms with Crippen LogP contribution in [0.15, 0.2) is 5.16 Å².